The Balaban J connectivity index is 1.72. The van der Waals surface area contributed by atoms with Crippen LogP contribution >= 0.6 is 23.8 Å². The molecule has 1 saturated heterocycles. The molecule has 0 aromatic heterocycles. The Hall–Kier alpha value is -2.15. The molecule has 0 spiro atoms. The van der Waals surface area contributed by atoms with Gasteiger partial charge in [0.2, 0.25) is 0 Å². The summed E-state index contributed by atoms with van der Waals surface area (Å²) in [5.74, 6) is -0.245. The van der Waals surface area contributed by atoms with E-state index in [-0.39, 0.29) is 11.0 Å². The second-order valence-electron chi connectivity index (χ2n) is 6.47. The average Bonchev–Trinajstić information content (AvgIpc) is 2.64. The Bertz CT molecular complexity index is 866. The number of carbonyl (C=O) groups is 1. The quantitative estimate of drug-likeness (QED) is 0.761. The van der Waals surface area contributed by atoms with Crippen LogP contribution in [0.15, 0.2) is 36.4 Å². The first-order valence-electron chi connectivity index (χ1n) is 8.76. The Morgan fingerprint density at radius 2 is 1.85 bits per heavy atom. The van der Waals surface area contributed by atoms with Crippen molar-refractivity contribution >= 4 is 46.2 Å². The van der Waals surface area contributed by atoms with E-state index in [2.05, 4.69) is 15.5 Å². The van der Waals surface area contributed by atoms with Crippen LogP contribution in [0.3, 0.4) is 0 Å². The molecule has 0 radical (unpaired) electrons. The predicted octanol–water partition coefficient (Wildman–Crippen LogP) is 3.92. The summed E-state index contributed by atoms with van der Waals surface area (Å²) in [6.07, 6.45) is 0. The number of nitrogens with zero attached hydrogens (tertiary/aromatic N) is 1. The third-order valence-corrected chi connectivity index (χ3v) is 4.99. The van der Waals surface area contributed by atoms with Gasteiger partial charge in [-0.1, -0.05) is 17.7 Å². The van der Waals surface area contributed by atoms with Crippen LogP contribution < -0.4 is 15.5 Å². The van der Waals surface area contributed by atoms with E-state index in [0.29, 0.717) is 23.8 Å². The maximum Gasteiger partial charge on any atom is 0.257 e. The van der Waals surface area contributed by atoms with Gasteiger partial charge in [0.1, 0.15) is 0 Å². The molecule has 1 aliphatic heterocycles. The van der Waals surface area contributed by atoms with Crippen LogP contribution in [0.25, 0.3) is 0 Å². The smallest absolute Gasteiger partial charge is 0.257 e. The maximum atomic E-state index is 12.5. The number of benzene rings is 2. The van der Waals surface area contributed by atoms with Crippen molar-refractivity contribution in [2.75, 3.05) is 36.5 Å². The summed E-state index contributed by atoms with van der Waals surface area (Å²) in [7, 11) is 0. The summed E-state index contributed by atoms with van der Waals surface area (Å²) in [6, 6.07) is 11.2. The number of hydrogen-bond donors (Lipinski definition) is 2. The minimum Gasteiger partial charge on any atom is -0.378 e. The number of aryl methyl sites for hydroxylation is 2. The van der Waals surface area contributed by atoms with Crippen LogP contribution in [0, 0.1) is 13.8 Å². The van der Waals surface area contributed by atoms with E-state index in [4.69, 9.17) is 28.6 Å². The molecule has 3 rings (SSSR count). The fourth-order valence-electron chi connectivity index (χ4n) is 2.90. The summed E-state index contributed by atoms with van der Waals surface area (Å²) in [5.41, 5.74) is 4.51. The number of carbonyl (C=O) groups excluding carboxylic acids is 1. The lowest BCUT2D eigenvalue weighted by Gasteiger charge is -2.30. The Morgan fingerprint density at radius 1 is 1.11 bits per heavy atom. The topological polar surface area (TPSA) is 53.6 Å². The number of anilines is 2. The fourth-order valence-corrected chi connectivity index (χ4v) is 3.27. The highest BCUT2D eigenvalue weighted by Gasteiger charge is 2.17. The minimum atomic E-state index is -0.245. The SMILES string of the molecule is Cc1ccc(C(=O)NC(=S)Nc2cc(Cl)ccc2N2CCOCC2)cc1C. The number of thiocarbonyl (C=S) groups is 1. The summed E-state index contributed by atoms with van der Waals surface area (Å²) >= 11 is 11.5. The molecule has 27 heavy (non-hydrogen) atoms. The van der Waals surface area contributed by atoms with Crippen LogP contribution in [-0.2, 0) is 4.74 Å². The molecule has 2 aromatic carbocycles. The third-order valence-electron chi connectivity index (χ3n) is 4.55. The standard InChI is InChI=1S/C20H22ClN3O2S/c1-13-3-4-15(11-14(13)2)19(25)23-20(27)22-17-12-16(21)5-6-18(17)24-7-9-26-10-8-24/h3-6,11-12H,7-10H2,1-2H3,(H2,22,23,25,27). The van der Waals surface area contributed by atoms with E-state index in [1.807, 2.05) is 38.1 Å². The summed E-state index contributed by atoms with van der Waals surface area (Å²) < 4.78 is 5.41. The largest absolute Gasteiger partial charge is 0.378 e. The predicted molar refractivity (Wildman–Crippen MR) is 114 cm³/mol. The van der Waals surface area contributed by atoms with Gasteiger partial charge in [-0.15, -0.1) is 0 Å². The van der Waals surface area contributed by atoms with Gasteiger partial charge in [-0.05, 0) is 67.5 Å². The maximum absolute atomic E-state index is 12.5. The van der Waals surface area contributed by atoms with Crippen molar-refractivity contribution in [1.29, 1.82) is 0 Å². The summed E-state index contributed by atoms with van der Waals surface area (Å²) in [4.78, 5) is 14.7. The molecular formula is C20H22ClN3O2S. The lowest BCUT2D eigenvalue weighted by molar-refractivity contribution is 0.0977. The van der Waals surface area contributed by atoms with Gasteiger partial charge < -0.3 is 15.0 Å². The monoisotopic (exact) mass is 403 g/mol. The number of halogens is 1. The molecule has 1 heterocycles. The molecule has 2 aromatic rings. The van der Waals surface area contributed by atoms with Gasteiger partial charge >= 0.3 is 0 Å². The lowest BCUT2D eigenvalue weighted by Crippen LogP contribution is -2.38. The van der Waals surface area contributed by atoms with Crippen molar-refractivity contribution in [3.8, 4) is 0 Å². The van der Waals surface area contributed by atoms with Crippen molar-refractivity contribution in [3.63, 3.8) is 0 Å². The number of hydrogen-bond acceptors (Lipinski definition) is 4. The van der Waals surface area contributed by atoms with Crippen molar-refractivity contribution in [2.24, 2.45) is 0 Å². The minimum absolute atomic E-state index is 0.231. The molecule has 1 amide bonds. The molecule has 1 fully saturated rings. The summed E-state index contributed by atoms with van der Waals surface area (Å²) in [5, 5.41) is 6.67. The Morgan fingerprint density at radius 3 is 2.56 bits per heavy atom. The molecular weight excluding hydrogens is 382 g/mol. The van der Waals surface area contributed by atoms with Crippen LogP contribution in [-0.4, -0.2) is 37.3 Å². The number of ether oxygens (including phenoxy) is 1. The second kappa shape index (κ2) is 8.69. The number of rotatable bonds is 3. The molecule has 142 valence electrons. The molecule has 0 saturated carbocycles. The molecule has 5 nitrogen and oxygen atoms in total. The Kier molecular flexibility index (Phi) is 6.31. The van der Waals surface area contributed by atoms with Crippen LogP contribution in [0.2, 0.25) is 5.02 Å². The first-order chi connectivity index (χ1) is 12.9. The fraction of sp³-hybridized carbons (Fsp3) is 0.300. The molecule has 7 heteroatoms. The molecule has 0 bridgehead atoms. The van der Waals surface area contributed by atoms with Gasteiger partial charge in [-0.3, -0.25) is 10.1 Å². The zero-order valence-electron chi connectivity index (χ0n) is 15.3. The van der Waals surface area contributed by atoms with E-state index in [1.54, 1.807) is 12.1 Å². The van der Waals surface area contributed by atoms with Gasteiger partial charge in [-0.2, -0.15) is 0 Å². The number of morpholine rings is 1. The second-order valence-corrected chi connectivity index (χ2v) is 7.31. The molecule has 0 atom stereocenters. The Labute approximate surface area is 169 Å². The molecule has 0 aliphatic carbocycles. The number of amides is 1. The van der Waals surface area contributed by atoms with Crippen molar-refractivity contribution < 1.29 is 9.53 Å². The van der Waals surface area contributed by atoms with Gasteiger partial charge in [0, 0.05) is 23.7 Å². The molecule has 0 unspecified atom stereocenters. The van der Waals surface area contributed by atoms with Crippen molar-refractivity contribution in [3.05, 3.63) is 58.1 Å². The van der Waals surface area contributed by atoms with E-state index < -0.39 is 0 Å². The zero-order valence-corrected chi connectivity index (χ0v) is 16.9. The van der Waals surface area contributed by atoms with Gasteiger partial charge in [0.15, 0.2) is 5.11 Å². The highest BCUT2D eigenvalue weighted by Crippen LogP contribution is 2.29. The van der Waals surface area contributed by atoms with Crippen molar-refractivity contribution in [1.82, 2.24) is 5.32 Å². The van der Waals surface area contributed by atoms with E-state index in [1.165, 1.54) is 0 Å². The van der Waals surface area contributed by atoms with Gasteiger partial charge in [0.05, 0.1) is 24.6 Å². The molecule has 2 N–H and O–H groups in total. The third kappa shape index (κ3) is 4.97. The van der Waals surface area contributed by atoms with Crippen LogP contribution in [0.4, 0.5) is 11.4 Å². The first kappa shape index (κ1) is 19.6. The highest BCUT2D eigenvalue weighted by molar-refractivity contribution is 7.80. The van der Waals surface area contributed by atoms with Crippen LogP contribution in [0.1, 0.15) is 21.5 Å². The normalized spacial score (nSPS) is 14.0. The van der Waals surface area contributed by atoms with E-state index in [0.717, 1.165) is 35.6 Å². The number of nitrogens with one attached hydrogen (secondary N) is 2. The zero-order chi connectivity index (χ0) is 19.4. The van der Waals surface area contributed by atoms with E-state index >= 15 is 0 Å². The summed E-state index contributed by atoms with van der Waals surface area (Å²) in [6.45, 7) is 6.92. The van der Waals surface area contributed by atoms with Crippen molar-refractivity contribution in [2.45, 2.75) is 13.8 Å². The lowest BCUT2D eigenvalue weighted by atomic mass is 10.1. The van der Waals surface area contributed by atoms with Gasteiger partial charge in [0.25, 0.3) is 5.91 Å². The highest BCUT2D eigenvalue weighted by atomic mass is 35.5. The van der Waals surface area contributed by atoms with Crippen LogP contribution in [0.5, 0.6) is 0 Å². The molecule has 1 aliphatic rings. The average molecular weight is 404 g/mol. The first-order valence-corrected chi connectivity index (χ1v) is 9.54. The van der Waals surface area contributed by atoms with E-state index in [9.17, 15) is 4.79 Å². The van der Waals surface area contributed by atoms with Gasteiger partial charge in [-0.25, -0.2) is 0 Å².